The van der Waals surface area contributed by atoms with Crippen LogP contribution in [-0.4, -0.2) is 104 Å². The second-order valence-electron chi connectivity index (χ2n) is 12.2. The molecule has 0 unspecified atom stereocenters. The molecular formula is C27H38Ac2NNpO12-. The van der Waals surface area contributed by atoms with Crippen molar-refractivity contribution in [2.75, 3.05) is 6.61 Å². The van der Waals surface area contributed by atoms with Gasteiger partial charge in [-0.1, -0.05) is 13.8 Å². The van der Waals surface area contributed by atoms with Crippen molar-refractivity contribution in [1.82, 2.24) is 5.32 Å². The molecule has 1 saturated heterocycles. The van der Waals surface area contributed by atoms with Gasteiger partial charge >= 0.3 is 11.9 Å². The van der Waals surface area contributed by atoms with Crippen LogP contribution < -0.4 is 5.32 Å². The maximum absolute atomic E-state index is 14.1. The molecule has 13 nitrogen and oxygen atoms in total. The Morgan fingerprint density at radius 1 is 1.09 bits per heavy atom. The van der Waals surface area contributed by atoms with E-state index < -0.39 is 94.6 Å². The van der Waals surface area contributed by atoms with Crippen LogP contribution in [0.1, 0.15) is 54.4 Å². The molecule has 2 bridgehead atoms. The number of hydrogen-bond donors (Lipinski definition) is 6. The smallest absolute Gasteiger partial charge is 0.305 e. The molecule has 6 N–H and O–H groups in total. The van der Waals surface area contributed by atoms with Crippen molar-refractivity contribution in [3.63, 3.8) is 0 Å². The van der Waals surface area contributed by atoms with Crippen molar-refractivity contribution in [1.29, 1.82) is 0 Å². The van der Waals surface area contributed by atoms with Gasteiger partial charge in [-0.3, -0.25) is 19.2 Å². The number of ketones is 1. The molecule has 3 radical (unpaired) electrons. The fraction of sp³-hybridized carbons (Fsp3) is 0.741. The number of carbonyl (C=O) groups excluding carboxylic acids is 4. The molecule has 10 atom stereocenters. The molecule has 1 heterocycles. The summed E-state index contributed by atoms with van der Waals surface area (Å²) in [5.74, 6) is -4.86. The molecule has 1 aliphatic heterocycles. The first-order chi connectivity index (χ1) is 18.3. The van der Waals surface area contributed by atoms with Crippen LogP contribution in [0.3, 0.4) is 0 Å². The first-order valence-corrected chi connectivity index (χ1v) is 13.2. The quantitative estimate of drug-likeness (QED) is 0.105. The first kappa shape index (κ1) is 42.5. The minimum absolute atomic E-state index is 0. The average Bonchev–Trinajstić information content (AvgIpc) is 2.85. The van der Waals surface area contributed by atoms with E-state index in [1.807, 2.05) is 0 Å². The van der Waals surface area contributed by atoms with Crippen molar-refractivity contribution >= 4 is 23.6 Å². The summed E-state index contributed by atoms with van der Waals surface area (Å²) < 4.78 is 16.7. The van der Waals surface area contributed by atoms with E-state index >= 15 is 0 Å². The Kier molecular flexibility index (Phi) is 14.8. The number of Topliss-reactive ketones (excluding diaryl/α,β-unsaturated/α-hetero) is 1. The minimum Gasteiger partial charge on any atom is -0.503 e. The summed E-state index contributed by atoms with van der Waals surface area (Å²) in [5, 5.41) is 59.5. The zero-order valence-corrected chi connectivity index (χ0v) is 38.2. The molecule has 0 aromatic carbocycles. The number of hydrogen-bond acceptors (Lipinski definition) is 12. The van der Waals surface area contributed by atoms with Gasteiger partial charge in [0.15, 0.2) is 11.7 Å². The minimum atomic E-state index is -2.18. The zero-order chi connectivity index (χ0) is 30.2. The third-order valence-corrected chi connectivity index (χ3v) is 9.61. The molecule has 235 valence electrons. The molecule has 16 heteroatoms. The van der Waals surface area contributed by atoms with E-state index in [2.05, 4.69) is 5.32 Å². The second-order valence-corrected chi connectivity index (χ2v) is 12.2. The largest absolute Gasteiger partial charge is 0.503 e. The van der Waals surface area contributed by atoms with Crippen molar-refractivity contribution in [3.8, 4) is 0 Å². The number of rotatable bonds is 5. The third-order valence-electron chi connectivity index (χ3n) is 9.61. The molecule has 3 fully saturated rings. The Balaban J connectivity index is 0.00000308. The molecular weight excluding hydrogens is 1220 g/mol. The summed E-state index contributed by atoms with van der Waals surface area (Å²) in [6.07, 6.45) is -9.63. The van der Waals surface area contributed by atoms with Gasteiger partial charge in [-0.05, 0) is 25.0 Å². The SMILES string of the molecule is CC(=O)N[CH-][C@@H](O)C(=O)O[C@H]1C[C@@]2(O)[C@@H](OC(C)=O)[C@@H]3[C@]4(O)CO[C@@H]4C[C@H](O)[C@@]3(C)C(=O)[C@H](O)C(=C1C)C2(C)C.[Ac].[Ac].[Np]. The van der Waals surface area contributed by atoms with Gasteiger partial charge in [-0.25, -0.2) is 6.54 Å². The fourth-order valence-electron chi connectivity index (χ4n) is 7.27. The van der Waals surface area contributed by atoms with Crippen molar-refractivity contribution in [3.05, 3.63) is 17.7 Å². The van der Waals surface area contributed by atoms with Crippen LogP contribution in [0.2, 0.25) is 0 Å². The maximum atomic E-state index is 14.1. The van der Waals surface area contributed by atoms with Gasteiger partial charge in [-0.15, -0.1) is 0 Å². The van der Waals surface area contributed by atoms with Gasteiger partial charge in [0.25, 0.3) is 0 Å². The van der Waals surface area contributed by atoms with E-state index in [1.54, 1.807) is 0 Å². The Morgan fingerprint density at radius 3 is 2.16 bits per heavy atom. The van der Waals surface area contributed by atoms with Gasteiger partial charge in [0.2, 0.25) is 0 Å². The Hall–Kier alpha value is 1.48. The summed E-state index contributed by atoms with van der Waals surface area (Å²) >= 11 is 0. The molecule has 2 saturated carbocycles. The predicted molar refractivity (Wildman–Crippen MR) is 134 cm³/mol. The molecule has 4 rings (SSSR count). The Bertz CT molecular complexity index is 1170. The van der Waals surface area contributed by atoms with Crippen molar-refractivity contribution in [2.24, 2.45) is 16.7 Å². The molecule has 0 spiro atoms. The van der Waals surface area contributed by atoms with Crippen molar-refractivity contribution < 1.29 is 177 Å². The van der Waals surface area contributed by atoms with Gasteiger partial charge in [0.1, 0.15) is 29.5 Å². The van der Waals surface area contributed by atoms with Crippen LogP contribution in [0.25, 0.3) is 0 Å². The molecule has 0 aromatic heterocycles. The Labute approximate surface area is 344 Å². The standard InChI is InChI=1S/C27H38NO12.2Ac.Np/c1-11-15(40-23(35)14(31)9-28-12(2)29)8-27(37)22(39-13(3)30)20-25(6,16(32)7-17-26(20,36)10-38-17)21(34)19(33)18(11)24(27,4)5;;;/h9,14-17,19-20,22,31-33,36-37H,7-8,10H2,1-6H3,(H,28,29);;;/q-1;;;/t14-,15+,16+,17-,19-,20+,22+,25-,26+,27-;;;/m1.../s1. The van der Waals surface area contributed by atoms with Gasteiger partial charge in [0.05, 0.1) is 24.2 Å². The first-order valence-electron chi connectivity index (χ1n) is 13.2. The Morgan fingerprint density at radius 2 is 1.67 bits per heavy atom. The van der Waals surface area contributed by atoms with E-state index in [4.69, 9.17) is 14.2 Å². The summed E-state index contributed by atoms with van der Waals surface area (Å²) in [5.41, 5.74) is -7.14. The topological polar surface area (TPSA) is 209 Å². The molecule has 43 heavy (non-hydrogen) atoms. The second kappa shape index (κ2) is 14.9. The van der Waals surface area contributed by atoms with E-state index in [0.717, 1.165) is 13.5 Å². The van der Waals surface area contributed by atoms with Gasteiger partial charge in [-0.2, -0.15) is 0 Å². The molecule has 3 aliphatic carbocycles. The van der Waals surface area contributed by atoms with Gasteiger partial charge < -0.3 is 45.1 Å². The van der Waals surface area contributed by atoms with E-state index in [1.165, 1.54) is 34.6 Å². The number of carbonyl (C=O) groups is 4. The average molecular weight is 1260 g/mol. The van der Waals surface area contributed by atoms with Crippen LogP contribution in [-0.2, 0) is 33.4 Å². The third kappa shape index (κ3) is 6.85. The fourth-order valence-corrected chi connectivity index (χ4v) is 7.27. The zero-order valence-electron chi connectivity index (χ0n) is 24.9. The predicted octanol–water partition coefficient (Wildman–Crippen LogP) is -1.57. The summed E-state index contributed by atoms with van der Waals surface area (Å²) in [4.78, 5) is 50.5. The summed E-state index contributed by atoms with van der Waals surface area (Å²) in [7, 11) is 0. The van der Waals surface area contributed by atoms with Gasteiger partial charge in [0, 0.05) is 162 Å². The molecule has 4 aliphatic rings. The molecule has 0 aromatic rings. The number of aliphatic hydroxyl groups is 5. The van der Waals surface area contributed by atoms with E-state index in [0.29, 0.717) is 0 Å². The number of esters is 2. The van der Waals surface area contributed by atoms with Crippen molar-refractivity contribution in [2.45, 2.75) is 102 Å². The summed E-state index contributed by atoms with van der Waals surface area (Å²) in [6, 6.07) is 0. The van der Waals surface area contributed by atoms with Crippen LogP contribution >= 0.6 is 0 Å². The van der Waals surface area contributed by atoms with Crippen LogP contribution in [0.5, 0.6) is 0 Å². The van der Waals surface area contributed by atoms with Crippen LogP contribution in [0, 0.1) is 141 Å². The number of nitrogens with one attached hydrogen (secondary N) is 1. The van der Waals surface area contributed by atoms with Crippen LogP contribution in [0.15, 0.2) is 11.1 Å². The number of ether oxygens (including phenoxy) is 3. The van der Waals surface area contributed by atoms with E-state index in [9.17, 15) is 44.7 Å². The number of aliphatic hydroxyl groups excluding tert-OH is 3. The maximum Gasteiger partial charge on any atom is 0.305 e. The van der Waals surface area contributed by atoms with E-state index in [-0.39, 0.29) is 142 Å². The molecule has 1 amide bonds. The normalized spacial score (nSPS) is 39.7. The summed E-state index contributed by atoms with van der Waals surface area (Å²) in [6.45, 7) is 8.76. The van der Waals surface area contributed by atoms with Crippen LogP contribution in [0.4, 0.5) is 0 Å². The number of amides is 1. The monoisotopic (exact) mass is 1260 g/mol. The number of fused-ring (bicyclic) bond motifs is 5.